The van der Waals surface area contributed by atoms with Crippen molar-refractivity contribution in [3.05, 3.63) is 65.7 Å². The van der Waals surface area contributed by atoms with Gasteiger partial charge in [-0.15, -0.1) is 0 Å². The molecule has 2 heterocycles. The van der Waals surface area contributed by atoms with Crippen LogP contribution >= 0.6 is 0 Å². The molecule has 0 atom stereocenters. The summed E-state index contributed by atoms with van der Waals surface area (Å²) >= 11 is 0. The van der Waals surface area contributed by atoms with Gasteiger partial charge < -0.3 is 14.5 Å². The molecule has 224 valence electrons. The summed E-state index contributed by atoms with van der Waals surface area (Å²) in [6, 6.07) is 18.4. The van der Waals surface area contributed by atoms with Crippen molar-refractivity contribution in [1.29, 1.82) is 0 Å². The Hall–Kier alpha value is -2.82. The van der Waals surface area contributed by atoms with Crippen molar-refractivity contribution < 1.29 is 14.3 Å². The number of nitrogens with zero attached hydrogens (tertiary/aromatic N) is 2. The van der Waals surface area contributed by atoms with E-state index in [9.17, 15) is 9.59 Å². The summed E-state index contributed by atoms with van der Waals surface area (Å²) in [5, 5.41) is 0. The SMILES string of the molecule is O=C1CCCCCCCCCCN1C(c1ccc(OCc2ccccc2)cc1)N1CCCCCCCCCCC1=O. The lowest BCUT2D eigenvalue weighted by Gasteiger charge is -2.41. The average molecular weight is 561 g/mol. The van der Waals surface area contributed by atoms with Gasteiger partial charge in [0.05, 0.1) is 0 Å². The van der Waals surface area contributed by atoms with Crippen molar-refractivity contribution >= 4 is 11.8 Å². The monoisotopic (exact) mass is 560 g/mol. The van der Waals surface area contributed by atoms with Crippen LogP contribution in [0.3, 0.4) is 0 Å². The Labute approximate surface area is 248 Å². The van der Waals surface area contributed by atoms with Gasteiger partial charge in [0, 0.05) is 25.9 Å². The molecular weight excluding hydrogens is 508 g/mol. The maximum absolute atomic E-state index is 13.9. The van der Waals surface area contributed by atoms with E-state index >= 15 is 0 Å². The molecule has 2 aromatic carbocycles. The van der Waals surface area contributed by atoms with Crippen LogP contribution in [-0.4, -0.2) is 34.7 Å². The fraction of sp³-hybridized carbons (Fsp3) is 0.611. The van der Waals surface area contributed by atoms with Gasteiger partial charge in [-0.3, -0.25) is 9.59 Å². The maximum atomic E-state index is 13.9. The minimum atomic E-state index is -0.357. The predicted molar refractivity (Wildman–Crippen MR) is 166 cm³/mol. The zero-order chi connectivity index (χ0) is 28.5. The number of amides is 2. The van der Waals surface area contributed by atoms with E-state index in [0.717, 1.165) is 68.2 Å². The average Bonchev–Trinajstić information content (AvgIpc) is 2.99. The fourth-order valence-corrected chi connectivity index (χ4v) is 6.30. The Bertz CT molecular complexity index is 983. The molecule has 0 N–H and O–H groups in total. The van der Waals surface area contributed by atoms with E-state index in [2.05, 4.69) is 34.1 Å². The molecule has 5 heteroatoms. The zero-order valence-corrected chi connectivity index (χ0v) is 25.2. The molecule has 0 spiro atoms. The van der Waals surface area contributed by atoms with E-state index in [1.165, 1.54) is 51.4 Å². The Kier molecular flexibility index (Phi) is 13.6. The van der Waals surface area contributed by atoms with Crippen LogP contribution in [0.5, 0.6) is 5.75 Å². The molecule has 2 fully saturated rings. The summed E-state index contributed by atoms with van der Waals surface area (Å²) in [6.07, 6.45) is 19.1. The van der Waals surface area contributed by atoms with Gasteiger partial charge in [0.1, 0.15) is 18.5 Å². The van der Waals surface area contributed by atoms with Crippen molar-refractivity contribution in [2.45, 2.75) is 128 Å². The number of carbonyl (C=O) groups is 2. The first kappa shape index (κ1) is 31.1. The topological polar surface area (TPSA) is 49.9 Å². The van der Waals surface area contributed by atoms with Gasteiger partial charge in [0.25, 0.3) is 0 Å². The second-order valence-corrected chi connectivity index (χ2v) is 12.0. The van der Waals surface area contributed by atoms with Crippen LogP contribution in [-0.2, 0) is 16.2 Å². The first-order valence-corrected chi connectivity index (χ1v) is 16.6. The van der Waals surface area contributed by atoms with Crippen LogP contribution in [0.15, 0.2) is 54.6 Å². The summed E-state index contributed by atoms with van der Waals surface area (Å²) in [7, 11) is 0. The number of hydrogen-bond donors (Lipinski definition) is 0. The van der Waals surface area contributed by atoms with Gasteiger partial charge in [-0.2, -0.15) is 0 Å². The van der Waals surface area contributed by atoms with Gasteiger partial charge >= 0.3 is 0 Å². The standard InChI is InChI=1S/C36H52N2O3/c39-34-22-16-9-5-1-3-7-11-18-28-37(34)36(38-29-19-12-8-4-2-6-10-17-23-35(38)40)32-24-26-33(27-25-32)41-30-31-20-14-13-15-21-31/h13-15,20-21,24-27,36H,1-12,16-19,22-23,28-30H2. The summed E-state index contributed by atoms with van der Waals surface area (Å²) in [5.41, 5.74) is 2.14. The summed E-state index contributed by atoms with van der Waals surface area (Å²) in [5.74, 6) is 1.19. The molecule has 5 nitrogen and oxygen atoms in total. The molecule has 2 amide bonds. The fourth-order valence-electron chi connectivity index (χ4n) is 6.30. The van der Waals surface area contributed by atoms with Crippen LogP contribution in [0.4, 0.5) is 0 Å². The van der Waals surface area contributed by atoms with Crippen LogP contribution in [0, 0.1) is 0 Å². The highest BCUT2D eigenvalue weighted by Gasteiger charge is 2.33. The molecular formula is C36H52N2O3. The van der Waals surface area contributed by atoms with Gasteiger partial charge in [-0.25, -0.2) is 0 Å². The van der Waals surface area contributed by atoms with Crippen molar-refractivity contribution in [2.24, 2.45) is 0 Å². The third-order valence-electron chi connectivity index (χ3n) is 8.74. The molecule has 2 aliphatic rings. The first-order chi connectivity index (χ1) is 20.2. The van der Waals surface area contributed by atoms with Crippen molar-refractivity contribution in [1.82, 2.24) is 9.80 Å². The molecule has 41 heavy (non-hydrogen) atoms. The van der Waals surface area contributed by atoms with E-state index < -0.39 is 0 Å². The number of hydrogen-bond acceptors (Lipinski definition) is 3. The summed E-state index contributed by atoms with van der Waals surface area (Å²) in [4.78, 5) is 31.8. The lowest BCUT2D eigenvalue weighted by molar-refractivity contribution is -0.147. The van der Waals surface area contributed by atoms with E-state index in [1.54, 1.807) is 0 Å². The Morgan fingerprint density at radius 1 is 0.537 bits per heavy atom. The molecule has 2 aromatic rings. The zero-order valence-electron chi connectivity index (χ0n) is 25.2. The van der Waals surface area contributed by atoms with Gasteiger partial charge in [0.2, 0.25) is 11.8 Å². The van der Waals surface area contributed by atoms with E-state index in [-0.39, 0.29) is 18.0 Å². The summed E-state index contributed by atoms with van der Waals surface area (Å²) in [6.45, 7) is 1.93. The van der Waals surface area contributed by atoms with Crippen molar-refractivity contribution in [3.63, 3.8) is 0 Å². The minimum Gasteiger partial charge on any atom is -0.489 e. The van der Waals surface area contributed by atoms with Crippen LogP contribution < -0.4 is 4.74 Å². The smallest absolute Gasteiger partial charge is 0.224 e. The Morgan fingerprint density at radius 3 is 1.46 bits per heavy atom. The molecule has 0 radical (unpaired) electrons. The second-order valence-electron chi connectivity index (χ2n) is 12.0. The number of rotatable bonds is 6. The lowest BCUT2D eigenvalue weighted by Crippen LogP contribution is -2.48. The summed E-state index contributed by atoms with van der Waals surface area (Å²) < 4.78 is 6.08. The Morgan fingerprint density at radius 2 is 0.976 bits per heavy atom. The quantitative estimate of drug-likeness (QED) is 0.354. The van der Waals surface area contributed by atoms with E-state index in [1.807, 2.05) is 30.3 Å². The van der Waals surface area contributed by atoms with E-state index in [4.69, 9.17) is 4.74 Å². The Balaban J connectivity index is 1.60. The second kappa shape index (κ2) is 17.9. The minimum absolute atomic E-state index is 0.193. The highest BCUT2D eigenvalue weighted by atomic mass is 16.5. The van der Waals surface area contributed by atoms with Crippen LogP contribution in [0.1, 0.15) is 133 Å². The van der Waals surface area contributed by atoms with E-state index in [0.29, 0.717) is 32.5 Å². The highest BCUT2D eigenvalue weighted by Crippen LogP contribution is 2.31. The van der Waals surface area contributed by atoms with Crippen LogP contribution in [0.2, 0.25) is 0 Å². The van der Waals surface area contributed by atoms with Gasteiger partial charge in [0.15, 0.2) is 0 Å². The molecule has 0 unspecified atom stereocenters. The third-order valence-corrected chi connectivity index (χ3v) is 8.74. The largest absolute Gasteiger partial charge is 0.489 e. The van der Waals surface area contributed by atoms with Crippen molar-refractivity contribution in [2.75, 3.05) is 13.1 Å². The predicted octanol–water partition coefficient (Wildman–Crippen LogP) is 8.97. The molecule has 0 aliphatic carbocycles. The first-order valence-electron chi connectivity index (χ1n) is 16.6. The molecule has 0 saturated carbocycles. The number of ether oxygens (including phenoxy) is 1. The molecule has 4 rings (SSSR count). The lowest BCUT2D eigenvalue weighted by atomic mass is 10.0. The van der Waals surface area contributed by atoms with Crippen molar-refractivity contribution in [3.8, 4) is 5.75 Å². The molecule has 0 bridgehead atoms. The van der Waals surface area contributed by atoms with Gasteiger partial charge in [-0.05, 0) is 48.9 Å². The number of carbonyl (C=O) groups excluding carboxylic acids is 2. The van der Waals surface area contributed by atoms with Gasteiger partial charge in [-0.1, -0.05) is 120 Å². The highest BCUT2D eigenvalue weighted by molar-refractivity contribution is 5.80. The molecule has 2 saturated heterocycles. The maximum Gasteiger partial charge on any atom is 0.224 e. The normalized spacial score (nSPS) is 19.5. The third kappa shape index (κ3) is 10.5. The van der Waals surface area contributed by atoms with Crippen LogP contribution in [0.25, 0.3) is 0 Å². The molecule has 2 aliphatic heterocycles. The number of benzene rings is 2. The molecule has 0 aromatic heterocycles.